The number of anilines is 1. The number of nitrogens with one attached hydrogen (secondary N) is 1. The molecule has 10 heteroatoms. The van der Waals surface area contributed by atoms with E-state index < -0.39 is 0 Å². The number of pyridine rings is 1. The minimum atomic E-state index is -0.339. The monoisotopic (exact) mass is 490 g/mol. The van der Waals surface area contributed by atoms with Crippen LogP contribution in [0.2, 0.25) is 10.0 Å². The van der Waals surface area contributed by atoms with Crippen LogP contribution in [0.25, 0.3) is 28.3 Å². The Kier molecular flexibility index (Phi) is 6.07. The number of hydrogen-bond acceptors (Lipinski definition) is 6. The number of hydrogen-bond donors (Lipinski definition) is 1. The second-order valence-electron chi connectivity index (χ2n) is 7.25. The smallest absolute Gasteiger partial charge is 0.262 e. The summed E-state index contributed by atoms with van der Waals surface area (Å²) in [4.78, 5) is 16.6. The van der Waals surface area contributed by atoms with Gasteiger partial charge in [-0.05, 0) is 48.5 Å². The molecule has 5 rings (SSSR count). The van der Waals surface area contributed by atoms with E-state index in [-0.39, 0.29) is 12.5 Å². The van der Waals surface area contributed by atoms with E-state index in [0.29, 0.717) is 38.6 Å². The molecule has 0 fully saturated rings. The maximum atomic E-state index is 12.4. The first kappa shape index (κ1) is 21.8. The van der Waals surface area contributed by atoms with Gasteiger partial charge in [0.15, 0.2) is 18.1 Å². The van der Waals surface area contributed by atoms with Crippen molar-refractivity contribution < 1.29 is 9.53 Å². The molecular weight excluding hydrogens is 475 g/mol. The maximum Gasteiger partial charge on any atom is 0.262 e. The Bertz CT molecular complexity index is 1490. The van der Waals surface area contributed by atoms with Crippen LogP contribution in [0, 0.1) is 0 Å². The number of amides is 1. The molecule has 0 aliphatic heterocycles. The number of carbonyl (C=O) groups excluding carboxylic acids is 1. The van der Waals surface area contributed by atoms with Crippen molar-refractivity contribution >= 4 is 40.4 Å². The van der Waals surface area contributed by atoms with Crippen LogP contribution >= 0.6 is 23.2 Å². The third-order valence-corrected chi connectivity index (χ3v) is 5.42. The van der Waals surface area contributed by atoms with Crippen LogP contribution in [0.15, 0.2) is 79.1 Å². The summed E-state index contributed by atoms with van der Waals surface area (Å²) in [5.41, 5.74) is 3.52. The molecule has 0 atom stereocenters. The van der Waals surface area contributed by atoms with Crippen molar-refractivity contribution in [2.24, 2.45) is 0 Å². The van der Waals surface area contributed by atoms with Crippen LogP contribution in [-0.4, -0.2) is 37.3 Å². The molecule has 168 valence electrons. The van der Waals surface area contributed by atoms with Gasteiger partial charge < -0.3 is 10.1 Å². The fraction of sp³-hybridized carbons (Fsp3) is 0.0417. The maximum absolute atomic E-state index is 12.4. The zero-order valence-corrected chi connectivity index (χ0v) is 19.0. The number of fused-ring (bicyclic) bond motifs is 1. The second-order valence-corrected chi connectivity index (χ2v) is 8.09. The number of aromatic nitrogens is 5. The summed E-state index contributed by atoms with van der Waals surface area (Å²) in [6.45, 7) is -0.219. The van der Waals surface area contributed by atoms with E-state index in [2.05, 4.69) is 20.5 Å². The Morgan fingerprint density at radius 1 is 0.971 bits per heavy atom. The molecule has 3 heterocycles. The predicted molar refractivity (Wildman–Crippen MR) is 130 cm³/mol. The molecule has 0 unspecified atom stereocenters. The lowest BCUT2D eigenvalue weighted by Gasteiger charge is -2.10. The molecule has 0 aliphatic carbocycles. The van der Waals surface area contributed by atoms with Gasteiger partial charge in [0.25, 0.3) is 5.91 Å². The van der Waals surface area contributed by atoms with Gasteiger partial charge in [-0.1, -0.05) is 35.3 Å². The van der Waals surface area contributed by atoms with Gasteiger partial charge in [-0.2, -0.15) is 9.61 Å². The molecule has 2 aromatic carbocycles. The molecule has 0 aliphatic rings. The predicted octanol–water partition coefficient (Wildman–Crippen LogP) is 5.18. The standard InChI is InChI=1S/C24H16Cl2N6O2/c25-17-6-7-19(26)21(12-17)34-14-23(33)28-18-5-1-3-15(11-18)20-8-9-22-29-30-24(32(22)31-20)16-4-2-10-27-13-16/h1-13H,14H2,(H,28,33). The van der Waals surface area contributed by atoms with E-state index in [4.69, 9.17) is 33.0 Å². The van der Waals surface area contributed by atoms with Crippen molar-refractivity contribution in [1.82, 2.24) is 24.8 Å². The first-order valence-corrected chi connectivity index (χ1v) is 10.9. The molecule has 1 N–H and O–H groups in total. The van der Waals surface area contributed by atoms with Crippen molar-refractivity contribution in [1.29, 1.82) is 0 Å². The number of rotatable bonds is 6. The van der Waals surface area contributed by atoms with Gasteiger partial charge in [-0.15, -0.1) is 10.2 Å². The van der Waals surface area contributed by atoms with Crippen LogP contribution in [0.1, 0.15) is 0 Å². The van der Waals surface area contributed by atoms with Crippen molar-refractivity contribution in [2.75, 3.05) is 11.9 Å². The molecule has 0 saturated heterocycles. The minimum Gasteiger partial charge on any atom is -0.482 e. The average Bonchev–Trinajstić information content (AvgIpc) is 3.29. The topological polar surface area (TPSA) is 94.3 Å². The molecule has 34 heavy (non-hydrogen) atoms. The molecule has 0 spiro atoms. The Balaban J connectivity index is 1.34. The van der Waals surface area contributed by atoms with Crippen LogP contribution in [-0.2, 0) is 4.79 Å². The lowest BCUT2D eigenvalue weighted by atomic mass is 10.1. The molecular formula is C24H16Cl2N6O2. The van der Waals surface area contributed by atoms with Crippen LogP contribution in [0.4, 0.5) is 5.69 Å². The molecule has 0 radical (unpaired) electrons. The summed E-state index contributed by atoms with van der Waals surface area (Å²) < 4.78 is 7.16. The second kappa shape index (κ2) is 9.46. The van der Waals surface area contributed by atoms with Gasteiger partial charge >= 0.3 is 0 Å². The van der Waals surface area contributed by atoms with Gasteiger partial charge in [-0.25, -0.2) is 0 Å². The molecule has 0 saturated carbocycles. The van der Waals surface area contributed by atoms with E-state index >= 15 is 0 Å². The van der Waals surface area contributed by atoms with E-state index in [0.717, 1.165) is 11.1 Å². The van der Waals surface area contributed by atoms with Gasteiger partial charge in [-0.3, -0.25) is 9.78 Å². The number of ether oxygens (including phenoxy) is 1. The van der Waals surface area contributed by atoms with Crippen LogP contribution in [0.5, 0.6) is 5.75 Å². The normalized spacial score (nSPS) is 10.9. The Morgan fingerprint density at radius 3 is 2.71 bits per heavy atom. The Labute approximate surface area is 204 Å². The lowest BCUT2D eigenvalue weighted by Crippen LogP contribution is -2.20. The first-order valence-electron chi connectivity index (χ1n) is 10.2. The molecule has 3 aromatic heterocycles. The van der Waals surface area contributed by atoms with E-state index in [1.807, 2.05) is 42.5 Å². The Hall–Kier alpha value is -4.01. The summed E-state index contributed by atoms with van der Waals surface area (Å²) in [7, 11) is 0. The molecule has 5 aromatic rings. The summed E-state index contributed by atoms with van der Waals surface area (Å²) in [6.07, 6.45) is 3.40. The lowest BCUT2D eigenvalue weighted by molar-refractivity contribution is -0.118. The molecule has 1 amide bonds. The van der Waals surface area contributed by atoms with Gasteiger partial charge in [0.2, 0.25) is 0 Å². The largest absolute Gasteiger partial charge is 0.482 e. The van der Waals surface area contributed by atoms with E-state index in [9.17, 15) is 4.79 Å². The van der Waals surface area contributed by atoms with E-state index in [1.165, 1.54) is 0 Å². The van der Waals surface area contributed by atoms with Crippen LogP contribution in [0.3, 0.4) is 0 Å². The van der Waals surface area contributed by atoms with Crippen molar-refractivity contribution in [3.05, 3.63) is 89.2 Å². The van der Waals surface area contributed by atoms with Crippen molar-refractivity contribution in [2.45, 2.75) is 0 Å². The first-order chi connectivity index (χ1) is 16.6. The summed E-state index contributed by atoms with van der Waals surface area (Å²) in [6, 6.07) is 19.6. The number of halogens is 2. The third-order valence-electron chi connectivity index (χ3n) is 4.88. The zero-order valence-electron chi connectivity index (χ0n) is 17.5. The molecule has 0 bridgehead atoms. The minimum absolute atomic E-state index is 0.219. The van der Waals surface area contributed by atoms with Crippen molar-refractivity contribution in [3.8, 4) is 28.4 Å². The zero-order chi connectivity index (χ0) is 23.5. The number of nitrogens with zero attached hydrogens (tertiary/aromatic N) is 5. The number of carbonyl (C=O) groups is 1. The number of benzene rings is 2. The van der Waals surface area contributed by atoms with Crippen molar-refractivity contribution in [3.63, 3.8) is 0 Å². The quantitative estimate of drug-likeness (QED) is 0.352. The fourth-order valence-electron chi connectivity index (χ4n) is 3.30. The highest BCUT2D eigenvalue weighted by Crippen LogP contribution is 2.28. The van der Waals surface area contributed by atoms with E-state index in [1.54, 1.807) is 41.2 Å². The average molecular weight is 491 g/mol. The third kappa shape index (κ3) is 4.68. The summed E-state index contributed by atoms with van der Waals surface area (Å²) in [5.74, 6) is 0.592. The van der Waals surface area contributed by atoms with Gasteiger partial charge in [0, 0.05) is 40.3 Å². The van der Waals surface area contributed by atoms with Gasteiger partial charge in [0.05, 0.1) is 10.7 Å². The summed E-state index contributed by atoms with van der Waals surface area (Å²) in [5, 5.41) is 16.8. The highest BCUT2D eigenvalue weighted by Gasteiger charge is 2.12. The SMILES string of the molecule is O=C(COc1cc(Cl)ccc1Cl)Nc1cccc(-c2ccc3nnc(-c4cccnc4)n3n2)c1. The highest BCUT2D eigenvalue weighted by molar-refractivity contribution is 6.34. The Morgan fingerprint density at radius 2 is 1.85 bits per heavy atom. The van der Waals surface area contributed by atoms with Gasteiger partial charge in [0.1, 0.15) is 5.75 Å². The van der Waals surface area contributed by atoms with Crippen LogP contribution < -0.4 is 10.1 Å². The highest BCUT2D eigenvalue weighted by atomic mass is 35.5. The fourth-order valence-corrected chi connectivity index (χ4v) is 3.64. The molecule has 8 nitrogen and oxygen atoms in total. The summed E-state index contributed by atoms with van der Waals surface area (Å²) >= 11 is 12.0.